The van der Waals surface area contributed by atoms with Crippen LogP contribution < -0.4 is 0 Å². The standard InChI is InChI=1S/C13H15BrN2O/c14-12-11-8-10(17)6-7-16(11)13(15-12)9-4-2-1-3-5-9/h6-9,17H,1-5H2. The summed E-state index contributed by atoms with van der Waals surface area (Å²) in [5.41, 5.74) is 0.950. The first-order chi connectivity index (χ1) is 8.25. The van der Waals surface area contributed by atoms with Crippen molar-refractivity contribution in [2.24, 2.45) is 0 Å². The maximum Gasteiger partial charge on any atom is 0.132 e. The Labute approximate surface area is 109 Å². The first-order valence-electron chi connectivity index (χ1n) is 6.12. The van der Waals surface area contributed by atoms with Crippen LogP contribution in [0.15, 0.2) is 22.9 Å². The summed E-state index contributed by atoms with van der Waals surface area (Å²) < 4.78 is 2.92. The maximum absolute atomic E-state index is 9.51. The second-order valence-corrected chi connectivity index (χ2v) is 5.49. The van der Waals surface area contributed by atoms with Gasteiger partial charge in [-0.2, -0.15) is 0 Å². The summed E-state index contributed by atoms with van der Waals surface area (Å²) in [4.78, 5) is 4.62. The molecule has 0 aliphatic heterocycles. The second-order valence-electron chi connectivity index (χ2n) is 4.74. The number of nitrogens with zero attached hydrogens (tertiary/aromatic N) is 2. The fourth-order valence-corrected chi connectivity index (χ4v) is 3.20. The van der Waals surface area contributed by atoms with Gasteiger partial charge in [-0.15, -0.1) is 0 Å². The minimum Gasteiger partial charge on any atom is -0.508 e. The van der Waals surface area contributed by atoms with Crippen LogP contribution >= 0.6 is 15.9 Å². The summed E-state index contributed by atoms with van der Waals surface area (Å²) in [5.74, 6) is 1.98. The van der Waals surface area contributed by atoms with Gasteiger partial charge >= 0.3 is 0 Å². The minimum absolute atomic E-state index is 0.285. The molecule has 90 valence electrons. The number of aromatic nitrogens is 2. The molecular formula is C13H15BrN2O. The molecule has 0 bridgehead atoms. The van der Waals surface area contributed by atoms with E-state index in [1.165, 1.54) is 32.1 Å². The Morgan fingerprint density at radius 2 is 2.06 bits per heavy atom. The molecule has 1 saturated carbocycles. The smallest absolute Gasteiger partial charge is 0.132 e. The molecular weight excluding hydrogens is 280 g/mol. The normalized spacial score (nSPS) is 17.7. The molecule has 17 heavy (non-hydrogen) atoms. The average Bonchev–Trinajstić information content (AvgIpc) is 2.68. The molecule has 2 heterocycles. The summed E-state index contributed by atoms with van der Waals surface area (Å²) in [6, 6.07) is 3.47. The largest absolute Gasteiger partial charge is 0.508 e. The van der Waals surface area contributed by atoms with Gasteiger partial charge in [0.15, 0.2) is 0 Å². The summed E-state index contributed by atoms with van der Waals surface area (Å²) in [6.07, 6.45) is 8.32. The number of rotatable bonds is 1. The molecule has 0 spiro atoms. The monoisotopic (exact) mass is 294 g/mol. The van der Waals surface area contributed by atoms with Crippen LogP contribution in [-0.2, 0) is 0 Å². The molecule has 2 aromatic heterocycles. The van der Waals surface area contributed by atoms with Crippen molar-refractivity contribution in [2.75, 3.05) is 0 Å². The van der Waals surface area contributed by atoms with E-state index >= 15 is 0 Å². The van der Waals surface area contributed by atoms with Gasteiger partial charge in [-0.25, -0.2) is 4.98 Å². The molecule has 4 heteroatoms. The number of fused-ring (bicyclic) bond motifs is 1. The van der Waals surface area contributed by atoms with Gasteiger partial charge in [0, 0.05) is 18.2 Å². The Kier molecular flexibility index (Phi) is 2.82. The van der Waals surface area contributed by atoms with Crippen molar-refractivity contribution in [1.29, 1.82) is 0 Å². The Hall–Kier alpha value is -1.03. The van der Waals surface area contributed by atoms with Crippen molar-refractivity contribution in [2.45, 2.75) is 38.0 Å². The molecule has 2 aromatic rings. The maximum atomic E-state index is 9.51. The molecule has 0 radical (unpaired) electrons. The third-order valence-electron chi connectivity index (χ3n) is 3.58. The number of hydrogen-bond acceptors (Lipinski definition) is 2. The Bertz CT molecular complexity index is 544. The lowest BCUT2D eigenvalue weighted by atomic mass is 9.89. The third-order valence-corrected chi connectivity index (χ3v) is 4.16. The predicted octanol–water partition coefficient (Wildman–Crippen LogP) is 3.85. The molecule has 1 aliphatic rings. The van der Waals surface area contributed by atoms with Gasteiger partial charge < -0.3 is 9.51 Å². The van der Waals surface area contributed by atoms with E-state index in [0.717, 1.165) is 15.9 Å². The highest BCUT2D eigenvalue weighted by Crippen LogP contribution is 2.34. The zero-order valence-corrected chi connectivity index (χ0v) is 11.2. The number of imidazole rings is 1. The SMILES string of the molecule is Oc1ccn2c(C3CCCCC3)nc(Br)c2c1. The summed E-state index contributed by atoms with van der Waals surface area (Å²) in [6.45, 7) is 0. The molecule has 0 unspecified atom stereocenters. The molecule has 3 nitrogen and oxygen atoms in total. The molecule has 1 fully saturated rings. The summed E-state index contributed by atoms with van der Waals surface area (Å²) >= 11 is 3.48. The lowest BCUT2D eigenvalue weighted by molar-refractivity contribution is 0.427. The molecule has 0 atom stereocenters. The van der Waals surface area contributed by atoms with Crippen LogP contribution in [0.2, 0.25) is 0 Å². The fourth-order valence-electron chi connectivity index (χ4n) is 2.71. The van der Waals surface area contributed by atoms with Crippen LogP contribution in [0.4, 0.5) is 0 Å². The topological polar surface area (TPSA) is 37.5 Å². The lowest BCUT2D eigenvalue weighted by Gasteiger charge is -2.20. The molecule has 3 rings (SSSR count). The zero-order chi connectivity index (χ0) is 11.8. The van der Waals surface area contributed by atoms with Crippen molar-refractivity contribution < 1.29 is 5.11 Å². The highest BCUT2D eigenvalue weighted by molar-refractivity contribution is 9.10. The first kappa shape index (κ1) is 11.1. The second kappa shape index (κ2) is 4.33. The van der Waals surface area contributed by atoms with Gasteiger partial charge in [0.25, 0.3) is 0 Å². The highest BCUT2D eigenvalue weighted by Gasteiger charge is 2.21. The molecule has 1 aliphatic carbocycles. The van der Waals surface area contributed by atoms with Crippen LogP contribution in [0.1, 0.15) is 43.8 Å². The van der Waals surface area contributed by atoms with Crippen molar-refractivity contribution in [1.82, 2.24) is 9.38 Å². The fraction of sp³-hybridized carbons (Fsp3) is 0.462. The minimum atomic E-state index is 0.285. The zero-order valence-electron chi connectivity index (χ0n) is 9.56. The lowest BCUT2D eigenvalue weighted by Crippen LogP contribution is -2.08. The number of pyridine rings is 1. The van der Waals surface area contributed by atoms with Crippen LogP contribution in [0.25, 0.3) is 5.52 Å². The predicted molar refractivity (Wildman–Crippen MR) is 70.4 cm³/mol. The van der Waals surface area contributed by atoms with Gasteiger partial charge in [0.2, 0.25) is 0 Å². The van der Waals surface area contributed by atoms with E-state index in [1.807, 2.05) is 6.20 Å². The van der Waals surface area contributed by atoms with E-state index in [4.69, 9.17) is 0 Å². The Morgan fingerprint density at radius 1 is 1.29 bits per heavy atom. The van der Waals surface area contributed by atoms with Crippen molar-refractivity contribution in [3.63, 3.8) is 0 Å². The van der Waals surface area contributed by atoms with Crippen molar-refractivity contribution >= 4 is 21.4 Å². The van der Waals surface area contributed by atoms with Gasteiger partial charge in [0.1, 0.15) is 16.2 Å². The van der Waals surface area contributed by atoms with E-state index in [2.05, 4.69) is 25.3 Å². The Balaban J connectivity index is 2.10. The van der Waals surface area contributed by atoms with Crippen LogP contribution in [0.3, 0.4) is 0 Å². The number of halogens is 1. The third kappa shape index (κ3) is 1.95. The summed E-state index contributed by atoms with van der Waals surface area (Å²) in [5, 5.41) is 9.51. The first-order valence-corrected chi connectivity index (χ1v) is 6.91. The van der Waals surface area contributed by atoms with Gasteiger partial charge in [-0.05, 0) is 34.8 Å². The number of hydrogen-bond donors (Lipinski definition) is 1. The van der Waals surface area contributed by atoms with E-state index < -0.39 is 0 Å². The highest BCUT2D eigenvalue weighted by atomic mass is 79.9. The van der Waals surface area contributed by atoms with Crippen LogP contribution in [-0.4, -0.2) is 14.5 Å². The Morgan fingerprint density at radius 3 is 2.82 bits per heavy atom. The molecule has 0 aromatic carbocycles. The van der Waals surface area contributed by atoms with Crippen molar-refractivity contribution in [3.05, 3.63) is 28.8 Å². The molecule has 0 amide bonds. The van der Waals surface area contributed by atoms with E-state index in [1.54, 1.807) is 12.1 Å². The molecule has 1 N–H and O–H groups in total. The van der Waals surface area contributed by atoms with Crippen LogP contribution in [0, 0.1) is 0 Å². The van der Waals surface area contributed by atoms with E-state index in [-0.39, 0.29) is 5.75 Å². The van der Waals surface area contributed by atoms with Crippen LogP contribution in [0.5, 0.6) is 5.75 Å². The van der Waals surface area contributed by atoms with Gasteiger partial charge in [-0.3, -0.25) is 0 Å². The van der Waals surface area contributed by atoms with Gasteiger partial charge in [0.05, 0.1) is 5.52 Å². The summed E-state index contributed by atoms with van der Waals surface area (Å²) in [7, 11) is 0. The van der Waals surface area contributed by atoms with Crippen molar-refractivity contribution in [3.8, 4) is 5.75 Å². The van der Waals surface area contributed by atoms with E-state index in [0.29, 0.717) is 5.92 Å². The quantitative estimate of drug-likeness (QED) is 0.867. The molecule has 0 saturated heterocycles. The average molecular weight is 295 g/mol. The van der Waals surface area contributed by atoms with E-state index in [9.17, 15) is 5.11 Å². The van der Waals surface area contributed by atoms with Gasteiger partial charge in [-0.1, -0.05) is 19.3 Å². The number of aromatic hydroxyl groups is 1.